The summed E-state index contributed by atoms with van der Waals surface area (Å²) in [4.78, 5) is 4.24. The second-order valence-electron chi connectivity index (χ2n) is 6.64. The maximum Gasteiger partial charge on any atom is 0.177 e. The Kier molecular flexibility index (Phi) is 4.42. The second-order valence-corrected chi connectivity index (χ2v) is 6.64. The molecule has 0 saturated heterocycles. The summed E-state index contributed by atoms with van der Waals surface area (Å²) < 4.78 is 29.1. The molecule has 2 heterocycles. The molecule has 3 aromatic rings. The molecule has 0 unspecified atom stereocenters. The summed E-state index contributed by atoms with van der Waals surface area (Å²) in [6.07, 6.45) is 7.23. The van der Waals surface area contributed by atoms with Gasteiger partial charge in [0.1, 0.15) is 17.5 Å². The summed E-state index contributed by atoms with van der Waals surface area (Å²) in [6, 6.07) is 5.61. The molecule has 1 aliphatic rings. The van der Waals surface area contributed by atoms with E-state index in [4.69, 9.17) is 5.73 Å². The third kappa shape index (κ3) is 3.45. The number of anilines is 3. The lowest BCUT2D eigenvalue weighted by Gasteiger charge is -2.27. The van der Waals surface area contributed by atoms with Gasteiger partial charge in [-0.15, -0.1) is 5.10 Å². The molecule has 1 aliphatic carbocycles. The van der Waals surface area contributed by atoms with E-state index in [-0.39, 0.29) is 11.7 Å². The van der Waals surface area contributed by atoms with Crippen LogP contribution >= 0.6 is 0 Å². The van der Waals surface area contributed by atoms with E-state index in [1.165, 1.54) is 0 Å². The standard InChI is InChI=1S/C18H20F2N6/c19-11-1-6-14(20)15(9-11)24-16-10-17(25-26-8-7-22-18(16)26)23-13-4-2-12(21)3-5-13/h1,6-10,12-13,24H,2-5,21H2,(H,23,25). The maximum atomic E-state index is 14.0. The van der Waals surface area contributed by atoms with Crippen molar-refractivity contribution in [2.45, 2.75) is 37.8 Å². The molecule has 6 nitrogen and oxygen atoms in total. The number of nitrogens with one attached hydrogen (secondary N) is 2. The van der Waals surface area contributed by atoms with Gasteiger partial charge in [0, 0.05) is 36.6 Å². The monoisotopic (exact) mass is 358 g/mol. The van der Waals surface area contributed by atoms with Gasteiger partial charge in [-0.05, 0) is 37.8 Å². The lowest BCUT2D eigenvalue weighted by Crippen LogP contribution is -2.33. The maximum absolute atomic E-state index is 14.0. The predicted octanol–water partition coefficient (Wildman–Crippen LogP) is 3.43. The fraction of sp³-hybridized carbons (Fsp3) is 0.333. The Morgan fingerprint density at radius 2 is 1.88 bits per heavy atom. The SMILES string of the molecule is NC1CCC(Nc2cc(Nc3cc(F)ccc3F)c3nccn3n2)CC1. The van der Waals surface area contributed by atoms with Crippen molar-refractivity contribution in [1.82, 2.24) is 14.6 Å². The molecule has 4 rings (SSSR count). The first kappa shape index (κ1) is 16.7. The number of imidazole rings is 1. The third-order valence-electron chi connectivity index (χ3n) is 4.68. The van der Waals surface area contributed by atoms with E-state index in [1.807, 2.05) is 0 Å². The molecule has 0 radical (unpaired) electrons. The van der Waals surface area contributed by atoms with E-state index in [0.717, 1.165) is 43.9 Å². The van der Waals surface area contributed by atoms with Crippen LogP contribution in [-0.2, 0) is 0 Å². The lowest BCUT2D eigenvalue weighted by atomic mass is 9.92. The molecule has 0 amide bonds. The van der Waals surface area contributed by atoms with E-state index in [2.05, 4.69) is 20.7 Å². The van der Waals surface area contributed by atoms with Gasteiger partial charge in [-0.2, -0.15) is 0 Å². The third-order valence-corrected chi connectivity index (χ3v) is 4.68. The number of hydrogen-bond donors (Lipinski definition) is 3. The fourth-order valence-electron chi connectivity index (χ4n) is 3.29. The quantitative estimate of drug-likeness (QED) is 0.666. The summed E-state index contributed by atoms with van der Waals surface area (Å²) >= 11 is 0. The minimum Gasteiger partial charge on any atom is -0.366 e. The van der Waals surface area contributed by atoms with Gasteiger partial charge in [-0.1, -0.05) is 0 Å². The van der Waals surface area contributed by atoms with Crippen LogP contribution in [0.4, 0.5) is 26.0 Å². The van der Waals surface area contributed by atoms with Crippen LogP contribution in [-0.4, -0.2) is 26.7 Å². The number of halogens is 2. The molecule has 1 fully saturated rings. The normalized spacial score (nSPS) is 20.3. The van der Waals surface area contributed by atoms with Crippen LogP contribution in [0.3, 0.4) is 0 Å². The van der Waals surface area contributed by atoms with Crippen molar-refractivity contribution in [1.29, 1.82) is 0 Å². The molecular formula is C18H20F2N6. The first-order valence-electron chi connectivity index (χ1n) is 8.67. The van der Waals surface area contributed by atoms with Crippen molar-refractivity contribution < 1.29 is 8.78 Å². The summed E-state index contributed by atoms with van der Waals surface area (Å²) in [6.45, 7) is 0. The molecule has 0 aliphatic heterocycles. The zero-order valence-corrected chi connectivity index (χ0v) is 14.1. The van der Waals surface area contributed by atoms with Crippen molar-refractivity contribution in [2.24, 2.45) is 5.73 Å². The van der Waals surface area contributed by atoms with Gasteiger partial charge in [0.15, 0.2) is 5.65 Å². The Morgan fingerprint density at radius 3 is 2.69 bits per heavy atom. The topological polar surface area (TPSA) is 80.3 Å². The zero-order chi connectivity index (χ0) is 18.1. The second kappa shape index (κ2) is 6.87. The highest BCUT2D eigenvalue weighted by Gasteiger charge is 2.19. The van der Waals surface area contributed by atoms with E-state index in [9.17, 15) is 8.78 Å². The Balaban J connectivity index is 1.63. The highest BCUT2D eigenvalue weighted by Crippen LogP contribution is 2.27. The summed E-state index contributed by atoms with van der Waals surface area (Å²) in [5.41, 5.74) is 7.09. The average Bonchev–Trinajstić information content (AvgIpc) is 3.09. The molecule has 0 spiro atoms. The molecule has 8 heteroatoms. The van der Waals surface area contributed by atoms with Gasteiger partial charge in [-0.25, -0.2) is 18.3 Å². The molecule has 136 valence electrons. The van der Waals surface area contributed by atoms with Crippen molar-refractivity contribution in [2.75, 3.05) is 10.6 Å². The first-order chi connectivity index (χ1) is 12.6. The molecule has 1 saturated carbocycles. The van der Waals surface area contributed by atoms with Crippen LogP contribution in [0.15, 0.2) is 36.7 Å². The van der Waals surface area contributed by atoms with E-state index >= 15 is 0 Å². The van der Waals surface area contributed by atoms with Gasteiger partial charge < -0.3 is 16.4 Å². The molecule has 26 heavy (non-hydrogen) atoms. The van der Waals surface area contributed by atoms with Crippen LogP contribution in [0.25, 0.3) is 5.65 Å². The Hall–Kier alpha value is -2.74. The molecule has 4 N–H and O–H groups in total. The van der Waals surface area contributed by atoms with Crippen LogP contribution in [0.1, 0.15) is 25.7 Å². The van der Waals surface area contributed by atoms with Crippen LogP contribution in [0, 0.1) is 11.6 Å². The minimum atomic E-state index is -0.538. The van der Waals surface area contributed by atoms with Crippen molar-refractivity contribution >= 4 is 22.8 Å². The number of benzene rings is 1. The minimum absolute atomic E-state index is 0.0516. The first-order valence-corrected chi connectivity index (χ1v) is 8.67. The van der Waals surface area contributed by atoms with Crippen LogP contribution in [0.2, 0.25) is 0 Å². The average molecular weight is 358 g/mol. The molecule has 2 aromatic heterocycles. The predicted molar refractivity (Wildman–Crippen MR) is 96.5 cm³/mol. The smallest absolute Gasteiger partial charge is 0.177 e. The molecule has 0 bridgehead atoms. The van der Waals surface area contributed by atoms with Crippen LogP contribution < -0.4 is 16.4 Å². The zero-order valence-electron chi connectivity index (χ0n) is 14.1. The number of rotatable bonds is 4. The molecular weight excluding hydrogens is 338 g/mol. The highest BCUT2D eigenvalue weighted by molar-refractivity contribution is 5.76. The summed E-state index contributed by atoms with van der Waals surface area (Å²) in [7, 11) is 0. The fourth-order valence-corrected chi connectivity index (χ4v) is 3.29. The van der Waals surface area contributed by atoms with E-state index < -0.39 is 11.6 Å². The van der Waals surface area contributed by atoms with Gasteiger partial charge in [0.25, 0.3) is 0 Å². The van der Waals surface area contributed by atoms with E-state index in [0.29, 0.717) is 23.2 Å². The number of fused-ring (bicyclic) bond motifs is 1. The number of nitrogens with zero attached hydrogens (tertiary/aromatic N) is 3. The van der Waals surface area contributed by atoms with Crippen LogP contribution in [0.5, 0.6) is 0 Å². The number of hydrogen-bond acceptors (Lipinski definition) is 5. The Morgan fingerprint density at radius 1 is 1.08 bits per heavy atom. The largest absolute Gasteiger partial charge is 0.366 e. The van der Waals surface area contributed by atoms with Gasteiger partial charge in [0.05, 0.1) is 11.4 Å². The van der Waals surface area contributed by atoms with E-state index in [1.54, 1.807) is 23.0 Å². The van der Waals surface area contributed by atoms with Crippen molar-refractivity contribution in [3.63, 3.8) is 0 Å². The molecule has 0 atom stereocenters. The lowest BCUT2D eigenvalue weighted by molar-refractivity contribution is 0.410. The Bertz CT molecular complexity index is 917. The molecule has 1 aromatic carbocycles. The van der Waals surface area contributed by atoms with Gasteiger partial charge in [0.2, 0.25) is 0 Å². The number of aromatic nitrogens is 3. The van der Waals surface area contributed by atoms with Gasteiger partial charge >= 0.3 is 0 Å². The number of nitrogens with two attached hydrogens (primary N) is 1. The highest BCUT2D eigenvalue weighted by atomic mass is 19.1. The summed E-state index contributed by atoms with van der Waals surface area (Å²) in [5, 5.41) is 10.8. The Labute approximate surface area is 149 Å². The summed E-state index contributed by atoms with van der Waals surface area (Å²) in [5.74, 6) is -0.404. The van der Waals surface area contributed by atoms with Crippen molar-refractivity contribution in [3.8, 4) is 0 Å². The van der Waals surface area contributed by atoms with Crippen molar-refractivity contribution in [3.05, 3.63) is 48.3 Å². The van der Waals surface area contributed by atoms with Gasteiger partial charge in [-0.3, -0.25) is 0 Å².